The number of carbonyl (C=O) groups is 1. The third-order valence-electron chi connectivity index (χ3n) is 3.82. The van der Waals surface area contributed by atoms with E-state index in [1.807, 2.05) is 36.6 Å². The van der Waals surface area contributed by atoms with Crippen molar-refractivity contribution in [2.75, 3.05) is 13.1 Å². The van der Waals surface area contributed by atoms with Crippen LogP contribution in [0.3, 0.4) is 0 Å². The van der Waals surface area contributed by atoms with E-state index in [2.05, 4.69) is 31.5 Å². The molecule has 1 aromatic carbocycles. The molecule has 2 heterocycles. The molecule has 1 fully saturated rings. The van der Waals surface area contributed by atoms with Crippen LogP contribution in [0.4, 0.5) is 0 Å². The van der Waals surface area contributed by atoms with Crippen molar-refractivity contribution in [1.29, 1.82) is 0 Å². The van der Waals surface area contributed by atoms with Crippen molar-refractivity contribution in [2.24, 2.45) is 5.92 Å². The van der Waals surface area contributed by atoms with E-state index in [0.717, 1.165) is 40.2 Å². The quantitative estimate of drug-likeness (QED) is 0.797. The number of thiazole rings is 1. The lowest BCUT2D eigenvalue weighted by molar-refractivity contribution is -0.125. The summed E-state index contributed by atoms with van der Waals surface area (Å²) in [4.78, 5) is 16.8. The smallest absolute Gasteiger partial charge is 0.224 e. The Morgan fingerprint density at radius 1 is 1.43 bits per heavy atom. The molecule has 1 aliphatic rings. The number of amides is 1. The summed E-state index contributed by atoms with van der Waals surface area (Å²) in [5, 5.41) is 9.27. The first kappa shape index (κ1) is 18.4. The highest BCUT2D eigenvalue weighted by atomic mass is 79.9. The maximum atomic E-state index is 12.2. The Kier molecular flexibility index (Phi) is 6.59. The molecule has 0 aliphatic carbocycles. The Bertz CT molecular complexity index is 656. The Morgan fingerprint density at radius 3 is 2.83 bits per heavy atom. The molecule has 2 aromatic rings. The van der Waals surface area contributed by atoms with Crippen LogP contribution in [0.2, 0.25) is 0 Å². The zero-order valence-electron chi connectivity index (χ0n) is 12.7. The number of benzene rings is 1. The molecule has 3 rings (SSSR count). The first-order valence-corrected chi connectivity index (χ1v) is 9.03. The van der Waals surface area contributed by atoms with Crippen LogP contribution in [-0.4, -0.2) is 24.0 Å². The molecule has 0 radical (unpaired) electrons. The summed E-state index contributed by atoms with van der Waals surface area (Å²) in [5.74, 6) is 0.214. The zero-order chi connectivity index (χ0) is 15.5. The summed E-state index contributed by atoms with van der Waals surface area (Å²) in [7, 11) is 0. The van der Waals surface area contributed by atoms with Crippen molar-refractivity contribution in [3.63, 3.8) is 0 Å². The predicted octanol–water partition coefficient (Wildman–Crippen LogP) is 3.78. The van der Waals surface area contributed by atoms with E-state index in [1.54, 1.807) is 11.3 Å². The van der Waals surface area contributed by atoms with E-state index < -0.39 is 0 Å². The first-order chi connectivity index (χ1) is 10.6. The fraction of sp³-hybridized carbons (Fsp3) is 0.375. The molecule has 2 N–H and O–H groups in total. The van der Waals surface area contributed by atoms with Gasteiger partial charge in [-0.1, -0.05) is 28.1 Å². The van der Waals surface area contributed by atoms with Crippen LogP contribution in [0.5, 0.6) is 0 Å². The van der Waals surface area contributed by atoms with Gasteiger partial charge in [0.05, 0.1) is 17.7 Å². The Morgan fingerprint density at radius 2 is 2.17 bits per heavy atom. The number of nitrogens with one attached hydrogen (secondary N) is 2. The van der Waals surface area contributed by atoms with Crippen molar-refractivity contribution < 1.29 is 4.79 Å². The zero-order valence-corrected chi connectivity index (χ0v) is 15.9. The molecule has 23 heavy (non-hydrogen) atoms. The van der Waals surface area contributed by atoms with E-state index in [9.17, 15) is 4.79 Å². The minimum absolute atomic E-state index is 0. The molecule has 2 unspecified atom stereocenters. The molecular weight excluding hydrogens is 398 g/mol. The number of hydrogen-bond acceptors (Lipinski definition) is 4. The van der Waals surface area contributed by atoms with Gasteiger partial charge in [0.15, 0.2) is 0 Å². The summed E-state index contributed by atoms with van der Waals surface area (Å²) in [6.45, 7) is 3.70. The standard InChI is InChI=1S/C16H18BrN3OS.ClH/c1-10(19-15(21)12-6-7-18-8-12)16-20-14(9-22-16)11-2-4-13(17)5-3-11;/h2-5,9-10,12,18H,6-8H2,1H3,(H,19,21);1H. The molecule has 1 aliphatic heterocycles. The summed E-state index contributed by atoms with van der Waals surface area (Å²) in [5.41, 5.74) is 2.04. The van der Waals surface area contributed by atoms with Gasteiger partial charge >= 0.3 is 0 Å². The van der Waals surface area contributed by atoms with Crippen LogP contribution >= 0.6 is 39.7 Å². The van der Waals surface area contributed by atoms with Crippen molar-refractivity contribution in [2.45, 2.75) is 19.4 Å². The van der Waals surface area contributed by atoms with Gasteiger partial charge in [0.1, 0.15) is 5.01 Å². The summed E-state index contributed by atoms with van der Waals surface area (Å²) in [6.07, 6.45) is 0.917. The molecule has 1 aromatic heterocycles. The maximum Gasteiger partial charge on any atom is 0.224 e. The number of halogens is 2. The lowest BCUT2D eigenvalue weighted by Gasteiger charge is -2.14. The van der Waals surface area contributed by atoms with Crippen molar-refractivity contribution in [1.82, 2.24) is 15.6 Å². The second-order valence-electron chi connectivity index (χ2n) is 5.50. The van der Waals surface area contributed by atoms with E-state index in [-0.39, 0.29) is 30.3 Å². The highest BCUT2D eigenvalue weighted by Crippen LogP contribution is 2.26. The SMILES string of the molecule is CC(NC(=O)C1CCNC1)c1nc(-c2ccc(Br)cc2)cs1.Cl. The Labute approximate surface area is 154 Å². The van der Waals surface area contributed by atoms with E-state index in [4.69, 9.17) is 0 Å². The molecule has 124 valence electrons. The number of rotatable bonds is 4. The predicted molar refractivity (Wildman–Crippen MR) is 100 cm³/mol. The summed E-state index contributed by atoms with van der Waals surface area (Å²) < 4.78 is 1.05. The fourth-order valence-corrected chi connectivity index (χ4v) is 3.61. The van der Waals surface area contributed by atoms with E-state index in [0.29, 0.717) is 0 Å². The maximum absolute atomic E-state index is 12.2. The van der Waals surface area contributed by atoms with Gasteiger partial charge in [-0.25, -0.2) is 4.98 Å². The number of nitrogens with zero attached hydrogens (tertiary/aromatic N) is 1. The molecule has 7 heteroatoms. The minimum atomic E-state index is -0.0534. The Balaban J connectivity index is 0.00000192. The second-order valence-corrected chi connectivity index (χ2v) is 7.30. The van der Waals surface area contributed by atoms with Crippen molar-refractivity contribution in [3.05, 3.63) is 39.1 Å². The number of hydrogen-bond donors (Lipinski definition) is 2. The van der Waals surface area contributed by atoms with Crippen molar-refractivity contribution >= 4 is 45.6 Å². The van der Waals surface area contributed by atoms with Crippen molar-refractivity contribution in [3.8, 4) is 11.3 Å². The largest absolute Gasteiger partial charge is 0.347 e. The molecular formula is C16H19BrClN3OS. The van der Waals surface area contributed by atoms with Gasteiger partial charge < -0.3 is 10.6 Å². The normalized spacial score (nSPS) is 18.3. The average Bonchev–Trinajstić information content (AvgIpc) is 3.20. The minimum Gasteiger partial charge on any atom is -0.347 e. The Hall–Kier alpha value is -0.950. The van der Waals surface area contributed by atoms with Gasteiger partial charge in [0.2, 0.25) is 5.91 Å². The average molecular weight is 417 g/mol. The van der Waals surface area contributed by atoms with Gasteiger partial charge in [-0.05, 0) is 32.0 Å². The first-order valence-electron chi connectivity index (χ1n) is 7.36. The van der Waals surface area contributed by atoms with Gasteiger partial charge in [-0.2, -0.15) is 0 Å². The second kappa shape index (κ2) is 8.24. The van der Waals surface area contributed by atoms with Crippen LogP contribution in [0.25, 0.3) is 11.3 Å². The third-order valence-corrected chi connectivity index (χ3v) is 5.38. The number of carbonyl (C=O) groups excluding carboxylic acids is 1. The van der Waals surface area contributed by atoms with Gasteiger partial charge in [0, 0.05) is 22.0 Å². The molecule has 2 atom stereocenters. The lowest BCUT2D eigenvalue weighted by atomic mass is 10.1. The molecule has 4 nitrogen and oxygen atoms in total. The molecule has 0 spiro atoms. The number of aromatic nitrogens is 1. The van der Waals surface area contributed by atoms with Crippen LogP contribution < -0.4 is 10.6 Å². The molecule has 0 saturated carbocycles. The van der Waals surface area contributed by atoms with Crippen LogP contribution in [0, 0.1) is 5.92 Å². The van der Waals surface area contributed by atoms with E-state index >= 15 is 0 Å². The molecule has 0 bridgehead atoms. The summed E-state index contributed by atoms with van der Waals surface area (Å²) >= 11 is 5.02. The third kappa shape index (κ3) is 4.53. The molecule has 1 saturated heterocycles. The van der Waals surface area contributed by atoms with Crippen LogP contribution in [0.1, 0.15) is 24.4 Å². The fourth-order valence-electron chi connectivity index (χ4n) is 2.51. The monoisotopic (exact) mass is 415 g/mol. The van der Waals surface area contributed by atoms with Crippen LogP contribution in [-0.2, 0) is 4.79 Å². The highest BCUT2D eigenvalue weighted by Gasteiger charge is 2.24. The summed E-state index contributed by atoms with van der Waals surface area (Å²) in [6, 6.07) is 8.04. The van der Waals surface area contributed by atoms with Gasteiger partial charge in [-0.3, -0.25) is 4.79 Å². The molecule has 1 amide bonds. The highest BCUT2D eigenvalue weighted by molar-refractivity contribution is 9.10. The lowest BCUT2D eigenvalue weighted by Crippen LogP contribution is -2.33. The van der Waals surface area contributed by atoms with Gasteiger partial charge in [-0.15, -0.1) is 23.7 Å². The van der Waals surface area contributed by atoms with E-state index in [1.165, 1.54) is 0 Å². The van der Waals surface area contributed by atoms with Gasteiger partial charge in [0.25, 0.3) is 0 Å². The van der Waals surface area contributed by atoms with Crippen LogP contribution in [0.15, 0.2) is 34.1 Å². The topological polar surface area (TPSA) is 54.0 Å².